The summed E-state index contributed by atoms with van der Waals surface area (Å²) in [7, 11) is 0. The van der Waals surface area contributed by atoms with Crippen molar-refractivity contribution in [3.63, 3.8) is 0 Å². The summed E-state index contributed by atoms with van der Waals surface area (Å²) >= 11 is -3.81. The van der Waals surface area contributed by atoms with Crippen molar-refractivity contribution in [2.75, 3.05) is 0 Å². The van der Waals surface area contributed by atoms with Gasteiger partial charge in [-0.25, -0.2) is 0 Å². The van der Waals surface area contributed by atoms with Gasteiger partial charge in [-0.1, -0.05) is 0 Å². The first-order chi connectivity index (χ1) is 18.5. The van der Waals surface area contributed by atoms with E-state index in [0.29, 0.717) is 0 Å². The average Bonchev–Trinajstić information content (AvgIpc) is 2.69. The second-order valence-electron chi connectivity index (χ2n) is 9.99. The standard InChI is InChI=1S/3C9H16O4.Al/c3*1-6(2)12-9(5-8(10)11)13-7(3)4;/h3*5-7H,1-4H3,(H,10,11);/q;;;+3/p-3. The highest BCUT2D eigenvalue weighted by Gasteiger charge is 2.49. The number of carbonyl (C=O) groups excluding carboxylic acids is 3. The highest BCUT2D eigenvalue weighted by molar-refractivity contribution is 6.45. The summed E-state index contributed by atoms with van der Waals surface area (Å²) in [5.74, 6) is -3.40. The van der Waals surface area contributed by atoms with Crippen molar-refractivity contribution < 1.29 is 54.2 Å². The van der Waals surface area contributed by atoms with Gasteiger partial charge in [0.15, 0.2) is 0 Å². The molecular weight excluding hydrogens is 543 g/mol. The molecule has 0 aromatic carbocycles. The Morgan fingerprint density at radius 2 is 0.575 bits per heavy atom. The minimum Gasteiger partial charge on any atom is -0.547 e. The largest absolute Gasteiger partial charge is 1.20 e. The first kappa shape index (κ1) is 37.0. The number of ether oxygens (including phenoxy) is 6. The molecule has 40 heavy (non-hydrogen) atoms. The lowest BCUT2D eigenvalue weighted by molar-refractivity contribution is -0.142. The molecule has 0 aliphatic carbocycles. The normalized spacial score (nSPS) is 10.7. The highest BCUT2D eigenvalue weighted by atomic mass is 27.3. The molecule has 0 spiro atoms. The Kier molecular flexibility index (Phi) is 17.7. The van der Waals surface area contributed by atoms with Crippen molar-refractivity contribution in [1.82, 2.24) is 0 Å². The lowest BCUT2D eigenvalue weighted by atomic mass is 10.4. The summed E-state index contributed by atoms with van der Waals surface area (Å²) in [6.07, 6.45) is 0.937. The third-order valence-corrected chi connectivity index (χ3v) is 4.73. The highest BCUT2D eigenvalue weighted by Crippen LogP contribution is 2.12. The molecular formula is C27H45AlO12. The van der Waals surface area contributed by atoms with Crippen LogP contribution in [0, 0.1) is 0 Å². The van der Waals surface area contributed by atoms with Crippen LogP contribution in [-0.4, -0.2) is 69.7 Å². The molecule has 0 saturated heterocycles. The summed E-state index contributed by atoms with van der Waals surface area (Å²) in [6, 6.07) is 0. The Labute approximate surface area is 242 Å². The Bertz CT molecular complexity index is 738. The maximum atomic E-state index is 12.7. The van der Waals surface area contributed by atoms with E-state index < -0.39 is 33.1 Å². The van der Waals surface area contributed by atoms with Crippen LogP contribution in [-0.2, 0) is 54.2 Å². The molecule has 228 valence electrons. The topological polar surface area (TPSA) is 134 Å². The van der Waals surface area contributed by atoms with Gasteiger partial charge in [-0.15, -0.1) is 0 Å². The molecule has 0 fully saturated rings. The lowest BCUT2D eigenvalue weighted by Crippen LogP contribution is -2.34. The van der Waals surface area contributed by atoms with Crippen LogP contribution < -0.4 is 0 Å². The van der Waals surface area contributed by atoms with Crippen LogP contribution in [0.1, 0.15) is 83.1 Å². The van der Waals surface area contributed by atoms with Gasteiger partial charge >= 0.3 is 33.1 Å². The van der Waals surface area contributed by atoms with Gasteiger partial charge < -0.3 is 39.8 Å². The summed E-state index contributed by atoms with van der Waals surface area (Å²) in [6.45, 7) is 20.9. The van der Waals surface area contributed by atoms with Crippen molar-refractivity contribution in [2.45, 2.75) is 120 Å². The zero-order valence-electron chi connectivity index (χ0n) is 25.7. The molecule has 0 N–H and O–H groups in total. The number of carbonyl (C=O) groups is 3. The van der Waals surface area contributed by atoms with E-state index in [1.54, 1.807) is 83.1 Å². The summed E-state index contributed by atoms with van der Waals surface area (Å²) in [4.78, 5) is 38.0. The molecule has 0 aromatic heterocycles. The molecule has 12 nitrogen and oxygen atoms in total. The molecule has 13 heteroatoms. The van der Waals surface area contributed by atoms with Gasteiger partial charge in [-0.3, -0.25) is 14.4 Å². The monoisotopic (exact) mass is 588 g/mol. The van der Waals surface area contributed by atoms with Crippen LogP contribution in [0.4, 0.5) is 0 Å². The number of hydrogen-bond acceptors (Lipinski definition) is 12. The molecule has 0 aromatic rings. The molecule has 0 rings (SSSR count). The van der Waals surface area contributed by atoms with Crippen LogP contribution in [0.15, 0.2) is 36.1 Å². The molecule has 0 bridgehead atoms. The molecule has 0 radical (unpaired) electrons. The van der Waals surface area contributed by atoms with E-state index in [2.05, 4.69) is 0 Å². The average molecular weight is 589 g/mol. The smallest absolute Gasteiger partial charge is 0.547 e. The Hall–Kier alpha value is -3.04. The van der Waals surface area contributed by atoms with E-state index in [4.69, 9.17) is 39.8 Å². The Morgan fingerprint density at radius 1 is 0.400 bits per heavy atom. The molecule has 0 amide bonds. The van der Waals surface area contributed by atoms with Gasteiger partial charge in [-0.2, -0.15) is 0 Å². The number of hydrogen-bond donors (Lipinski definition) is 0. The fourth-order valence-corrected chi connectivity index (χ4v) is 3.35. The second kappa shape index (κ2) is 19.1. The van der Waals surface area contributed by atoms with Crippen LogP contribution in [0.3, 0.4) is 0 Å². The Balaban J connectivity index is 6.07. The second-order valence-corrected chi connectivity index (χ2v) is 11.3. The van der Waals surface area contributed by atoms with Gasteiger partial charge in [0.2, 0.25) is 0 Å². The van der Waals surface area contributed by atoms with E-state index in [1.165, 1.54) is 0 Å². The van der Waals surface area contributed by atoms with Crippen LogP contribution >= 0.6 is 0 Å². The van der Waals surface area contributed by atoms with Gasteiger partial charge in [-0.05, 0) is 83.1 Å². The minimum atomic E-state index is -3.81. The van der Waals surface area contributed by atoms with Crippen molar-refractivity contribution in [3.05, 3.63) is 36.1 Å². The fourth-order valence-electron chi connectivity index (χ4n) is 2.43. The van der Waals surface area contributed by atoms with E-state index in [1.807, 2.05) is 0 Å². The predicted octanol–water partition coefficient (Wildman–Crippen LogP) is 4.68. The fraction of sp³-hybridized carbons (Fsp3) is 0.667. The van der Waals surface area contributed by atoms with E-state index >= 15 is 0 Å². The van der Waals surface area contributed by atoms with E-state index in [-0.39, 0.29) is 54.5 Å². The van der Waals surface area contributed by atoms with Crippen molar-refractivity contribution >= 4 is 33.1 Å². The summed E-state index contributed by atoms with van der Waals surface area (Å²) in [5, 5.41) is 0. The Morgan fingerprint density at radius 3 is 0.725 bits per heavy atom. The zero-order chi connectivity index (χ0) is 31.0. The predicted molar refractivity (Wildman–Crippen MR) is 146 cm³/mol. The van der Waals surface area contributed by atoms with E-state index in [9.17, 15) is 14.4 Å². The van der Waals surface area contributed by atoms with Gasteiger partial charge in [0.1, 0.15) is 18.2 Å². The molecule has 0 aliphatic heterocycles. The molecule has 0 aliphatic rings. The van der Waals surface area contributed by atoms with Crippen molar-refractivity contribution in [2.24, 2.45) is 0 Å². The van der Waals surface area contributed by atoms with Crippen LogP contribution in [0.2, 0.25) is 0 Å². The van der Waals surface area contributed by atoms with Crippen LogP contribution in [0.5, 0.6) is 0 Å². The lowest BCUT2D eigenvalue weighted by Gasteiger charge is -2.18. The van der Waals surface area contributed by atoms with Gasteiger partial charge in [0, 0.05) is 0 Å². The minimum absolute atomic E-state index is 0.115. The van der Waals surface area contributed by atoms with Gasteiger partial charge in [0.05, 0.1) is 36.6 Å². The van der Waals surface area contributed by atoms with Crippen molar-refractivity contribution in [1.29, 1.82) is 0 Å². The first-order valence-corrected chi connectivity index (χ1v) is 14.6. The van der Waals surface area contributed by atoms with Crippen molar-refractivity contribution in [3.8, 4) is 0 Å². The summed E-state index contributed by atoms with van der Waals surface area (Å²) in [5.41, 5.74) is 0. The molecule has 0 unspecified atom stereocenters. The zero-order valence-corrected chi connectivity index (χ0v) is 26.8. The maximum absolute atomic E-state index is 12.7. The molecule has 0 atom stereocenters. The van der Waals surface area contributed by atoms with E-state index in [0.717, 1.165) is 18.2 Å². The van der Waals surface area contributed by atoms with Crippen LogP contribution in [0.25, 0.3) is 0 Å². The molecule has 0 saturated carbocycles. The first-order valence-electron chi connectivity index (χ1n) is 13.2. The maximum Gasteiger partial charge on any atom is 1.20 e. The van der Waals surface area contributed by atoms with Gasteiger partial charge in [0.25, 0.3) is 17.8 Å². The quantitative estimate of drug-likeness (QED) is 0.125. The number of rotatable bonds is 18. The SMILES string of the molecule is CC(C)OC(=CC(=O)[O][Al]([O]C(=O)C=C(OC(C)C)OC(C)C)[O]C(=O)C=C(OC(C)C)OC(C)C)OC(C)C. The molecule has 0 heterocycles. The third-order valence-electron chi connectivity index (χ3n) is 3.46. The third kappa shape index (κ3) is 19.9. The summed E-state index contributed by atoms with van der Waals surface area (Å²) < 4.78 is 48.6.